The number of benzene rings is 2. The van der Waals surface area contributed by atoms with Crippen LogP contribution in [0, 0.1) is 17.1 Å². The zero-order chi connectivity index (χ0) is 22.2. The van der Waals surface area contributed by atoms with E-state index in [1.54, 1.807) is 18.5 Å². The number of anilines is 1. The lowest BCUT2D eigenvalue weighted by Crippen LogP contribution is -2.27. The number of rotatable bonds is 4. The molecular weight excluding hydrogens is 427 g/mol. The predicted molar refractivity (Wildman–Crippen MR) is 124 cm³/mol. The fourth-order valence-electron chi connectivity index (χ4n) is 4.31. The molecule has 1 atom stereocenters. The van der Waals surface area contributed by atoms with Gasteiger partial charge in [-0.15, -0.1) is 11.6 Å². The van der Waals surface area contributed by atoms with Crippen molar-refractivity contribution in [3.63, 3.8) is 0 Å². The summed E-state index contributed by atoms with van der Waals surface area (Å²) in [6, 6.07) is 12.2. The standard InChI is InChI=1S/C24H20ClFN6/c25-9-15-2-1-3-21-22(15)31-24(30-21)20-12-29-11-19(23(20)32-5-4-18(28)13-32)16-6-14(10-27)7-17(26)8-16/h1-3,6-8,11-12,18H,4-5,9,13,28H2,(H,30,31)/t18-/m0/s1. The molecule has 1 fully saturated rings. The summed E-state index contributed by atoms with van der Waals surface area (Å²) < 4.78 is 14.3. The van der Waals surface area contributed by atoms with E-state index in [-0.39, 0.29) is 11.6 Å². The van der Waals surface area contributed by atoms with Gasteiger partial charge < -0.3 is 15.6 Å². The van der Waals surface area contributed by atoms with Gasteiger partial charge in [0.2, 0.25) is 0 Å². The Kier molecular flexibility index (Phi) is 5.25. The monoisotopic (exact) mass is 446 g/mol. The third kappa shape index (κ3) is 3.58. The number of nitrogens with two attached hydrogens (primary N) is 1. The molecule has 1 aliphatic rings. The van der Waals surface area contributed by atoms with E-state index in [0.717, 1.165) is 46.4 Å². The summed E-state index contributed by atoms with van der Waals surface area (Å²) in [4.78, 5) is 14.8. The van der Waals surface area contributed by atoms with Crippen LogP contribution in [0.4, 0.5) is 10.1 Å². The molecule has 4 aromatic rings. The Hall–Kier alpha value is -3.47. The Labute approximate surface area is 189 Å². The number of pyridine rings is 1. The number of alkyl halides is 1. The second-order valence-corrected chi connectivity index (χ2v) is 8.22. The van der Waals surface area contributed by atoms with E-state index in [4.69, 9.17) is 22.3 Å². The number of halogens is 2. The molecule has 2 aromatic carbocycles. The zero-order valence-corrected chi connectivity index (χ0v) is 17.9. The Balaban J connectivity index is 1.75. The highest BCUT2D eigenvalue weighted by molar-refractivity contribution is 6.17. The maximum absolute atomic E-state index is 14.3. The highest BCUT2D eigenvalue weighted by Crippen LogP contribution is 2.40. The second kappa shape index (κ2) is 8.23. The van der Waals surface area contributed by atoms with Gasteiger partial charge in [-0.2, -0.15) is 5.26 Å². The van der Waals surface area contributed by atoms with Crippen LogP contribution in [-0.2, 0) is 5.88 Å². The van der Waals surface area contributed by atoms with Gasteiger partial charge in [-0.1, -0.05) is 12.1 Å². The van der Waals surface area contributed by atoms with Crippen LogP contribution in [0.2, 0.25) is 0 Å². The van der Waals surface area contributed by atoms with Crippen LogP contribution < -0.4 is 10.6 Å². The molecule has 0 unspecified atom stereocenters. The van der Waals surface area contributed by atoms with E-state index in [9.17, 15) is 9.65 Å². The summed E-state index contributed by atoms with van der Waals surface area (Å²) >= 11 is 6.12. The number of imidazole rings is 1. The number of nitrogens with zero attached hydrogens (tertiary/aromatic N) is 4. The number of nitriles is 1. The summed E-state index contributed by atoms with van der Waals surface area (Å²) in [7, 11) is 0. The number of hydrogen-bond acceptors (Lipinski definition) is 5. The van der Waals surface area contributed by atoms with Crippen molar-refractivity contribution in [2.24, 2.45) is 5.73 Å². The molecule has 0 saturated carbocycles. The van der Waals surface area contributed by atoms with Crippen molar-refractivity contribution in [3.05, 3.63) is 65.7 Å². The van der Waals surface area contributed by atoms with Crippen molar-refractivity contribution in [1.29, 1.82) is 5.26 Å². The minimum Gasteiger partial charge on any atom is -0.369 e. The number of nitrogens with one attached hydrogen (secondary N) is 1. The van der Waals surface area contributed by atoms with Gasteiger partial charge >= 0.3 is 0 Å². The molecule has 6 nitrogen and oxygen atoms in total. The lowest BCUT2D eigenvalue weighted by Gasteiger charge is -2.24. The fraction of sp³-hybridized carbons (Fsp3) is 0.208. The zero-order valence-electron chi connectivity index (χ0n) is 17.1. The van der Waals surface area contributed by atoms with Crippen molar-refractivity contribution in [2.45, 2.75) is 18.3 Å². The number of para-hydroxylation sites is 1. The van der Waals surface area contributed by atoms with Crippen LogP contribution in [0.15, 0.2) is 48.8 Å². The van der Waals surface area contributed by atoms with Crippen molar-refractivity contribution in [3.8, 4) is 28.6 Å². The lowest BCUT2D eigenvalue weighted by molar-refractivity contribution is 0.628. The lowest BCUT2D eigenvalue weighted by atomic mass is 9.99. The van der Waals surface area contributed by atoms with Crippen LogP contribution in [0.5, 0.6) is 0 Å². The second-order valence-electron chi connectivity index (χ2n) is 7.95. The topological polar surface area (TPSA) is 94.6 Å². The van der Waals surface area contributed by atoms with E-state index in [1.165, 1.54) is 12.1 Å². The van der Waals surface area contributed by atoms with Gasteiger partial charge in [0.15, 0.2) is 0 Å². The summed E-state index contributed by atoms with van der Waals surface area (Å²) in [5.41, 5.74) is 12.1. The first-order valence-electron chi connectivity index (χ1n) is 10.3. The van der Waals surface area contributed by atoms with Crippen LogP contribution >= 0.6 is 11.6 Å². The van der Waals surface area contributed by atoms with E-state index in [0.29, 0.717) is 23.8 Å². The van der Waals surface area contributed by atoms with Crippen LogP contribution in [-0.4, -0.2) is 34.1 Å². The van der Waals surface area contributed by atoms with Crippen molar-refractivity contribution < 1.29 is 4.39 Å². The molecule has 1 saturated heterocycles. The Morgan fingerprint density at radius 1 is 1.25 bits per heavy atom. The molecule has 0 amide bonds. The number of fused-ring (bicyclic) bond motifs is 1. The maximum atomic E-state index is 14.3. The van der Waals surface area contributed by atoms with E-state index in [2.05, 4.69) is 14.9 Å². The van der Waals surface area contributed by atoms with Gasteiger partial charge in [-0.25, -0.2) is 9.37 Å². The molecule has 1 aliphatic heterocycles. The average Bonchev–Trinajstić information content (AvgIpc) is 3.44. The molecule has 0 bridgehead atoms. The summed E-state index contributed by atoms with van der Waals surface area (Å²) in [5, 5.41) is 9.33. The van der Waals surface area contributed by atoms with Gasteiger partial charge in [0.05, 0.1) is 33.9 Å². The number of aromatic amines is 1. The number of H-pyrrole nitrogens is 1. The van der Waals surface area contributed by atoms with Crippen molar-refractivity contribution in [1.82, 2.24) is 15.0 Å². The van der Waals surface area contributed by atoms with Gasteiger partial charge in [0, 0.05) is 43.0 Å². The van der Waals surface area contributed by atoms with Crippen LogP contribution in [0.25, 0.3) is 33.5 Å². The quantitative estimate of drug-likeness (QED) is 0.447. The fourth-order valence-corrected chi connectivity index (χ4v) is 4.53. The third-order valence-corrected chi connectivity index (χ3v) is 6.09. The first kappa shape index (κ1) is 20.4. The summed E-state index contributed by atoms with van der Waals surface area (Å²) in [5.74, 6) is 0.550. The maximum Gasteiger partial charge on any atom is 0.142 e. The average molecular weight is 447 g/mol. The highest BCUT2D eigenvalue weighted by Gasteiger charge is 2.26. The summed E-state index contributed by atoms with van der Waals surface area (Å²) in [6.45, 7) is 1.43. The minimum atomic E-state index is -0.469. The highest BCUT2D eigenvalue weighted by atomic mass is 35.5. The Morgan fingerprint density at radius 2 is 2.09 bits per heavy atom. The van der Waals surface area contributed by atoms with Gasteiger partial charge in [0.25, 0.3) is 0 Å². The first-order chi connectivity index (χ1) is 15.6. The van der Waals surface area contributed by atoms with E-state index < -0.39 is 5.82 Å². The summed E-state index contributed by atoms with van der Waals surface area (Å²) in [6.07, 6.45) is 4.31. The molecular formula is C24H20ClFN6. The molecule has 2 aromatic heterocycles. The first-order valence-corrected chi connectivity index (χ1v) is 10.8. The molecule has 3 heterocycles. The SMILES string of the molecule is N#Cc1cc(F)cc(-c2cncc(-c3nc4cccc(CCl)c4[nH]3)c2N2CC[C@H](N)C2)c1. The molecule has 0 spiro atoms. The van der Waals surface area contributed by atoms with E-state index in [1.807, 2.05) is 24.3 Å². The minimum absolute atomic E-state index is 0.0459. The largest absolute Gasteiger partial charge is 0.369 e. The normalized spacial score (nSPS) is 15.9. The molecule has 5 rings (SSSR count). The predicted octanol–water partition coefficient (Wildman–Crippen LogP) is 4.58. The van der Waals surface area contributed by atoms with Crippen LogP contribution in [0.1, 0.15) is 17.5 Å². The number of aromatic nitrogens is 3. The molecule has 3 N–H and O–H groups in total. The van der Waals surface area contributed by atoms with Crippen molar-refractivity contribution >= 4 is 28.3 Å². The molecule has 8 heteroatoms. The molecule has 0 radical (unpaired) electrons. The number of hydrogen-bond donors (Lipinski definition) is 2. The Morgan fingerprint density at radius 3 is 2.84 bits per heavy atom. The van der Waals surface area contributed by atoms with Gasteiger partial charge in [-0.3, -0.25) is 4.98 Å². The van der Waals surface area contributed by atoms with Gasteiger partial charge in [-0.05, 0) is 41.8 Å². The van der Waals surface area contributed by atoms with E-state index >= 15 is 0 Å². The van der Waals surface area contributed by atoms with Crippen LogP contribution in [0.3, 0.4) is 0 Å². The molecule has 160 valence electrons. The Bertz CT molecular complexity index is 1360. The smallest absolute Gasteiger partial charge is 0.142 e. The molecule has 0 aliphatic carbocycles. The molecule has 32 heavy (non-hydrogen) atoms. The third-order valence-electron chi connectivity index (χ3n) is 5.80. The van der Waals surface area contributed by atoms with Crippen molar-refractivity contribution in [2.75, 3.05) is 18.0 Å². The van der Waals surface area contributed by atoms with Gasteiger partial charge in [0.1, 0.15) is 11.6 Å².